The van der Waals surface area contributed by atoms with Crippen LogP contribution in [-0.4, -0.2) is 56.3 Å². The minimum atomic E-state index is -3.62. The van der Waals surface area contributed by atoms with Crippen molar-refractivity contribution in [2.75, 3.05) is 26.2 Å². The predicted molar refractivity (Wildman–Crippen MR) is 133 cm³/mol. The minimum Gasteiger partial charge on any atom is -0.343 e. The third-order valence-electron chi connectivity index (χ3n) is 6.83. The van der Waals surface area contributed by atoms with Gasteiger partial charge in [0.1, 0.15) is 0 Å². The Kier molecular flexibility index (Phi) is 7.29. The molecule has 1 amide bonds. The summed E-state index contributed by atoms with van der Waals surface area (Å²) in [7, 11) is -3.62. The van der Waals surface area contributed by atoms with Gasteiger partial charge in [-0.2, -0.15) is 0 Å². The fourth-order valence-corrected chi connectivity index (χ4v) is 6.65. The van der Waals surface area contributed by atoms with Gasteiger partial charge in [0.25, 0.3) is 0 Å². The summed E-state index contributed by atoms with van der Waals surface area (Å²) in [6.45, 7) is 10.0. The Morgan fingerprint density at radius 2 is 1.79 bits per heavy atom. The second-order valence-corrected chi connectivity index (χ2v) is 12.9. The van der Waals surface area contributed by atoms with Gasteiger partial charge in [-0.05, 0) is 59.4 Å². The Morgan fingerprint density at radius 1 is 1.09 bits per heavy atom. The zero-order chi connectivity index (χ0) is 23.6. The number of nitrogens with one attached hydrogen (secondary N) is 1. The summed E-state index contributed by atoms with van der Waals surface area (Å²) >= 11 is 1.86. The Labute approximate surface area is 202 Å². The van der Waals surface area contributed by atoms with E-state index in [9.17, 15) is 13.2 Å². The molecule has 6 nitrogen and oxygen atoms in total. The van der Waals surface area contributed by atoms with Crippen molar-refractivity contribution in [3.63, 3.8) is 0 Å². The van der Waals surface area contributed by atoms with Crippen LogP contribution in [0, 0.1) is 0 Å². The Morgan fingerprint density at radius 3 is 2.45 bits per heavy atom. The second-order valence-electron chi connectivity index (χ2n) is 10.1. The minimum absolute atomic E-state index is 0.0259. The summed E-state index contributed by atoms with van der Waals surface area (Å²) in [5.41, 5.74) is 2.52. The van der Waals surface area contributed by atoms with E-state index in [-0.39, 0.29) is 29.2 Å². The normalized spacial score (nSPS) is 18.3. The number of hydrogen-bond donors (Lipinski definition) is 1. The standard InChI is InChI=1S/C25H35N3O3S2/c1-25(2,3)20-4-6-22(7-5-20)33(30,31)26-13-8-24(29)27-14-9-21(10-15-27)28-16-11-23-19(18-28)12-17-32-23/h4-7,12,17,21,26H,8-11,13-16,18H2,1-3H3. The zero-order valence-corrected chi connectivity index (χ0v) is 21.5. The van der Waals surface area contributed by atoms with Crippen molar-refractivity contribution in [3.05, 3.63) is 51.7 Å². The van der Waals surface area contributed by atoms with Crippen LogP contribution >= 0.6 is 11.3 Å². The number of rotatable bonds is 6. The van der Waals surface area contributed by atoms with Crippen molar-refractivity contribution in [2.45, 2.75) is 69.4 Å². The number of thiophene rings is 1. The van der Waals surface area contributed by atoms with E-state index in [0.717, 1.165) is 51.0 Å². The van der Waals surface area contributed by atoms with Crippen molar-refractivity contribution in [1.82, 2.24) is 14.5 Å². The van der Waals surface area contributed by atoms with E-state index >= 15 is 0 Å². The first-order chi connectivity index (χ1) is 15.6. The highest BCUT2D eigenvalue weighted by molar-refractivity contribution is 7.89. The largest absolute Gasteiger partial charge is 0.343 e. The summed E-state index contributed by atoms with van der Waals surface area (Å²) < 4.78 is 27.8. The maximum atomic E-state index is 12.7. The van der Waals surface area contributed by atoms with E-state index in [2.05, 4.69) is 41.8 Å². The highest BCUT2D eigenvalue weighted by Crippen LogP contribution is 2.28. The van der Waals surface area contributed by atoms with Crippen molar-refractivity contribution in [1.29, 1.82) is 0 Å². The van der Waals surface area contributed by atoms with Crippen LogP contribution in [0.15, 0.2) is 40.6 Å². The molecule has 2 aliphatic heterocycles. The molecule has 8 heteroatoms. The van der Waals surface area contributed by atoms with Gasteiger partial charge >= 0.3 is 0 Å². The number of carbonyl (C=O) groups is 1. The highest BCUT2D eigenvalue weighted by Gasteiger charge is 2.29. The molecule has 2 aliphatic rings. The maximum absolute atomic E-state index is 12.7. The Bertz CT molecular complexity index is 1060. The molecular formula is C25H35N3O3S2. The van der Waals surface area contributed by atoms with E-state index in [1.807, 2.05) is 28.4 Å². The molecule has 180 valence electrons. The number of benzene rings is 1. The van der Waals surface area contributed by atoms with Crippen LogP contribution in [0.5, 0.6) is 0 Å². The van der Waals surface area contributed by atoms with Crippen LogP contribution in [0.4, 0.5) is 0 Å². The van der Waals surface area contributed by atoms with Crippen LogP contribution in [0.25, 0.3) is 0 Å². The molecule has 33 heavy (non-hydrogen) atoms. The molecule has 1 aromatic carbocycles. The molecule has 0 radical (unpaired) electrons. The topological polar surface area (TPSA) is 69.7 Å². The number of carbonyl (C=O) groups excluding carboxylic acids is 1. The van der Waals surface area contributed by atoms with Gasteiger partial charge in [-0.1, -0.05) is 32.9 Å². The van der Waals surface area contributed by atoms with Crippen molar-refractivity contribution in [2.24, 2.45) is 0 Å². The van der Waals surface area contributed by atoms with E-state index in [1.165, 1.54) is 10.4 Å². The van der Waals surface area contributed by atoms with E-state index in [1.54, 1.807) is 12.1 Å². The molecule has 3 heterocycles. The van der Waals surface area contributed by atoms with Crippen LogP contribution < -0.4 is 4.72 Å². The van der Waals surface area contributed by atoms with Gasteiger partial charge in [-0.3, -0.25) is 9.69 Å². The number of sulfonamides is 1. The SMILES string of the molecule is CC(C)(C)c1ccc(S(=O)(=O)NCCC(=O)N2CCC(N3CCc4sccc4C3)CC2)cc1. The van der Waals surface area contributed by atoms with Gasteiger partial charge in [0.15, 0.2) is 0 Å². The van der Waals surface area contributed by atoms with Crippen molar-refractivity contribution < 1.29 is 13.2 Å². The highest BCUT2D eigenvalue weighted by atomic mass is 32.2. The van der Waals surface area contributed by atoms with Crippen LogP contribution in [-0.2, 0) is 33.2 Å². The first kappa shape index (κ1) is 24.4. The lowest BCUT2D eigenvalue weighted by atomic mass is 9.87. The average Bonchev–Trinajstić information content (AvgIpc) is 3.26. The molecule has 0 bridgehead atoms. The van der Waals surface area contributed by atoms with Crippen LogP contribution in [0.3, 0.4) is 0 Å². The van der Waals surface area contributed by atoms with Gasteiger partial charge < -0.3 is 4.90 Å². The van der Waals surface area contributed by atoms with Crippen LogP contribution in [0.2, 0.25) is 0 Å². The monoisotopic (exact) mass is 489 g/mol. The lowest BCUT2D eigenvalue weighted by Crippen LogP contribution is -2.48. The molecule has 1 fully saturated rings. The molecule has 1 saturated heterocycles. The quantitative estimate of drug-likeness (QED) is 0.671. The molecule has 4 rings (SSSR count). The Hall–Kier alpha value is -1.74. The van der Waals surface area contributed by atoms with Crippen molar-refractivity contribution in [3.8, 4) is 0 Å². The Balaban J connectivity index is 1.22. The number of likely N-dealkylation sites (tertiary alicyclic amines) is 1. The number of amides is 1. The number of nitrogens with zero attached hydrogens (tertiary/aromatic N) is 2. The summed E-state index contributed by atoms with van der Waals surface area (Å²) in [4.78, 5) is 18.9. The number of hydrogen-bond acceptors (Lipinski definition) is 5. The summed E-state index contributed by atoms with van der Waals surface area (Å²) in [5.74, 6) is 0.0259. The molecule has 1 N–H and O–H groups in total. The summed E-state index contributed by atoms with van der Waals surface area (Å²) in [5, 5.41) is 2.19. The van der Waals surface area contributed by atoms with Gasteiger partial charge in [0.2, 0.25) is 15.9 Å². The summed E-state index contributed by atoms with van der Waals surface area (Å²) in [6, 6.07) is 9.74. The first-order valence-corrected chi connectivity index (χ1v) is 14.2. The lowest BCUT2D eigenvalue weighted by molar-refractivity contribution is -0.132. The third-order valence-corrected chi connectivity index (χ3v) is 9.33. The fourth-order valence-electron chi connectivity index (χ4n) is 4.73. The molecule has 0 spiro atoms. The van der Waals surface area contributed by atoms with Gasteiger partial charge in [0, 0.05) is 50.1 Å². The smallest absolute Gasteiger partial charge is 0.240 e. The molecule has 0 atom stereocenters. The molecular weight excluding hydrogens is 454 g/mol. The first-order valence-electron chi connectivity index (χ1n) is 11.8. The molecule has 0 aliphatic carbocycles. The second kappa shape index (κ2) is 9.86. The maximum Gasteiger partial charge on any atom is 0.240 e. The van der Waals surface area contributed by atoms with Gasteiger partial charge in [-0.15, -0.1) is 11.3 Å². The molecule has 0 saturated carbocycles. The van der Waals surface area contributed by atoms with E-state index in [0.29, 0.717) is 6.04 Å². The molecule has 2 aromatic rings. The van der Waals surface area contributed by atoms with Gasteiger partial charge in [-0.25, -0.2) is 13.1 Å². The van der Waals surface area contributed by atoms with Gasteiger partial charge in [0.05, 0.1) is 4.90 Å². The zero-order valence-electron chi connectivity index (χ0n) is 19.8. The third kappa shape index (κ3) is 5.85. The molecule has 0 unspecified atom stereocenters. The van der Waals surface area contributed by atoms with E-state index < -0.39 is 10.0 Å². The lowest BCUT2D eigenvalue weighted by Gasteiger charge is -2.40. The number of fused-ring (bicyclic) bond motifs is 1. The predicted octanol–water partition coefficient (Wildman–Crippen LogP) is 3.76. The number of piperidine rings is 1. The van der Waals surface area contributed by atoms with E-state index in [4.69, 9.17) is 0 Å². The van der Waals surface area contributed by atoms with Crippen molar-refractivity contribution >= 4 is 27.3 Å². The fraction of sp³-hybridized carbons (Fsp3) is 0.560. The average molecular weight is 490 g/mol. The molecule has 1 aromatic heterocycles. The van der Waals surface area contributed by atoms with Crippen LogP contribution in [0.1, 0.15) is 56.0 Å². The summed E-state index contributed by atoms with van der Waals surface area (Å²) in [6.07, 6.45) is 3.28.